The molecule has 0 aliphatic carbocycles. The lowest BCUT2D eigenvalue weighted by Crippen LogP contribution is -2.21. The average molecular weight is 1310 g/mol. The Bertz CT molecular complexity index is 2940. The molecule has 16 heteroatoms. The van der Waals surface area contributed by atoms with Crippen LogP contribution in [0.15, 0.2) is 109 Å². The van der Waals surface area contributed by atoms with Gasteiger partial charge in [0.25, 0.3) is 0 Å². The first-order valence-electron chi connectivity index (χ1n) is 18.2. The van der Waals surface area contributed by atoms with Crippen molar-refractivity contribution in [3.63, 3.8) is 0 Å². The van der Waals surface area contributed by atoms with Gasteiger partial charge >= 0.3 is 0 Å². The molecule has 1 aliphatic rings. The summed E-state index contributed by atoms with van der Waals surface area (Å²) >= 11 is 32.3. The van der Waals surface area contributed by atoms with Gasteiger partial charge in [-0.2, -0.15) is 0 Å². The van der Waals surface area contributed by atoms with Gasteiger partial charge in [-0.25, -0.2) is 0 Å². The molecule has 1 aliphatic heterocycles. The summed E-state index contributed by atoms with van der Waals surface area (Å²) in [5.74, 6) is 0. The molecule has 4 N–H and O–H groups in total. The van der Waals surface area contributed by atoms with Gasteiger partial charge in [0.1, 0.15) is 0 Å². The highest BCUT2D eigenvalue weighted by Crippen LogP contribution is 2.42. The van der Waals surface area contributed by atoms with Gasteiger partial charge in [0.05, 0.1) is 103 Å². The summed E-state index contributed by atoms with van der Waals surface area (Å²) in [7, 11) is 0. The third kappa shape index (κ3) is 7.24. The van der Waals surface area contributed by atoms with Gasteiger partial charge in [0.15, 0.2) is 0 Å². The molecule has 0 spiro atoms. The van der Waals surface area contributed by atoms with Crippen molar-refractivity contribution in [1.82, 2.24) is 39.9 Å². The Morgan fingerprint density at radius 2 is 0.533 bits per heavy atom. The summed E-state index contributed by atoms with van der Waals surface area (Å²) in [5, 5.41) is 3.14. The van der Waals surface area contributed by atoms with Crippen molar-refractivity contribution in [1.29, 1.82) is 0 Å². The van der Waals surface area contributed by atoms with Crippen molar-refractivity contribution in [2.45, 2.75) is 27.7 Å². The standard InChI is InChI=1S/C44H28Br8N8/c1-17-5-9-53-21(13-17)25-37-29(45)31(47)39(57-37)26(22-14-18(2)6-10-54-22)41-33(49)35(51)43(59-41)28(24-16-20(4)8-12-56-24)44-36(52)34(50)42(60-44)27(23-15-19(3)7-11-55-23)40-32(48)30(46)38(25)58-40/h5-16,57-60H,1-4H3. The maximum Gasteiger partial charge on any atom is 0.0747 e. The van der Waals surface area contributed by atoms with Crippen molar-refractivity contribution in [2.75, 3.05) is 0 Å². The van der Waals surface area contributed by atoms with E-state index in [4.69, 9.17) is 19.9 Å². The number of aromatic amines is 4. The third-order valence-corrected chi connectivity index (χ3v) is 18.7. The first-order valence-corrected chi connectivity index (χ1v) is 24.6. The van der Waals surface area contributed by atoms with Gasteiger partial charge in [-0.1, -0.05) is 0 Å². The van der Waals surface area contributed by atoms with E-state index < -0.39 is 0 Å². The van der Waals surface area contributed by atoms with Gasteiger partial charge < -0.3 is 19.9 Å². The van der Waals surface area contributed by atoms with Crippen LogP contribution < -0.4 is 21.4 Å². The van der Waals surface area contributed by atoms with E-state index >= 15 is 0 Å². The zero-order chi connectivity index (χ0) is 42.3. The molecule has 0 saturated heterocycles. The summed E-state index contributed by atoms with van der Waals surface area (Å²) in [4.78, 5) is 35.3. The second-order valence-corrected chi connectivity index (χ2v) is 20.7. The monoisotopic (exact) mass is 1300 g/mol. The predicted molar refractivity (Wildman–Crippen MR) is 266 cm³/mol. The maximum absolute atomic E-state index is 4.96. The first-order chi connectivity index (χ1) is 28.7. The molecule has 300 valence electrons. The summed E-state index contributed by atoms with van der Waals surface area (Å²) in [6.07, 6.45) is 7.33. The Morgan fingerprint density at radius 1 is 0.317 bits per heavy atom. The molecule has 0 atom stereocenters. The van der Waals surface area contributed by atoms with E-state index in [0.29, 0.717) is 0 Å². The van der Waals surface area contributed by atoms with Crippen molar-refractivity contribution < 1.29 is 0 Å². The molecule has 60 heavy (non-hydrogen) atoms. The fraction of sp³-hybridized carbons (Fsp3) is 0.0909. The molecule has 0 unspecified atom stereocenters. The number of nitrogens with zero attached hydrogens (tertiary/aromatic N) is 4. The lowest BCUT2D eigenvalue weighted by atomic mass is 10.1. The molecule has 8 aromatic heterocycles. The van der Waals surface area contributed by atoms with Gasteiger partial charge in [-0.3, -0.25) is 19.9 Å². The third-order valence-electron chi connectivity index (χ3n) is 10.2. The Balaban J connectivity index is 1.60. The van der Waals surface area contributed by atoms with Crippen molar-refractivity contribution in [3.05, 3.63) is 198 Å². The number of hydrogen-bond acceptors (Lipinski definition) is 4. The highest BCUT2D eigenvalue weighted by atomic mass is 79.9. The molecular formula is C44H28Br8N8. The van der Waals surface area contributed by atoms with Gasteiger partial charge in [0, 0.05) is 47.1 Å². The summed E-state index contributed by atoms with van der Waals surface area (Å²) in [5.41, 5.74) is 13.7. The van der Waals surface area contributed by atoms with Crippen LogP contribution in [0, 0.1) is 27.7 Å². The quantitative estimate of drug-likeness (QED) is 0.141. The van der Waals surface area contributed by atoms with Gasteiger partial charge in [-0.15, -0.1) is 0 Å². The summed E-state index contributed by atoms with van der Waals surface area (Å²) in [6.45, 7) is 8.26. The van der Waals surface area contributed by atoms with Gasteiger partial charge in [0.2, 0.25) is 0 Å². The van der Waals surface area contributed by atoms with Crippen LogP contribution in [0.5, 0.6) is 0 Å². The minimum absolute atomic E-state index is 0.755. The van der Waals surface area contributed by atoms with E-state index in [0.717, 1.165) is 147 Å². The molecule has 8 nitrogen and oxygen atoms in total. The highest BCUT2D eigenvalue weighted by molar-refractivity contribution is 9.14. The maximum atomic E-state index is 4.96. The van der Waals surface area contributed by atoms with Crippen molar-refractivity contribution in [3.8, 4) is 0 Å². The number of fused-ring (bicyclic) bond motifs is 8. The number of pyridine rings is 4. The van der Waals surface area contributed by atoms with Gasteiger partial charge in [-0.05, 0) is 226 Å². The molecule has 0 amide bonds. The first kappa shape index (κ1) is 42.3. The lowest BCUT2D eigenvalue weighted by Gasteiger charge is -2.10. The molecular weight excluding hydrogens is 1280 g/mol. The second-order valence-electron chi connectivity index (χ2n) is 14.4. The number of aromatic nitrogens is 8. The lowest BCUT2D eigenvalue weighted by molar-refractivity contribution is 1.14. The van der Waals surface area contributed by atoms with E-state index in [1.165, 1.54) is 0 Å². The van der Waals surface area contributed by atoms with E-state index in [1.54, 1.807) is 0 Å². The minimum Gasteiger partial charge on any atom is -0.352 e. The summed E-state index contributed by atoms with van der Waals surface area (Å²) < 4.78 is 6.39. The van der Waals surface area contributed by atoms with E-state index in [2.05, 4.69) is 199 Å². The Morgan fingerprint density at radius 3 is 0.733 bits per heavy atom. The predicted octanol–water partition coefficient (Wildman–Crippen LogP) is 11.2. The number of nitrogens with one attached hydrogen (secondary N) is 4. The molecule has 8 bridgehead atoms. The van der Waals surface area contributed by atoms with Crippen molar-refractivity contribution in [2.24, 2.45) is 0 Å². The number of H-pyrrole nitrogens is 4. The number of hydrogen-bond donors (Lipinski definition) is 4. The van der Waals surface area contributed by atoms with E-state index in [-0.39, 0.29) is 0 Å². The Hall–Kier alpha value is -2.96. The molecule has 0 radical (unpaired) electrons. The van der Waals surface area contributed by atoms with Crippen LogP contribution in [-0.2, 0) is 0 Å². The normalized spacial score (nSPS) is 12.9. The van der Waals surface area contributed by atoms with E-state index in [9.17, 15) is 0 Å². The molecule has 0 fully saturated rings. The largest absolute Gasteiger partial charge is 0.352 e. The number of rotatable bonds is 4. The zero-order valence-electron chi connectivity index (χ0n) is 31.7. The van der Waals surface area contributed by atoms with E-state index in [1.807, 2.05) is 49.1 Å². The van der Waals surface area contributed by atoms with Crippen molar-refractivity contribution >= 4 is 150 Å². The fourth-order valence-electron chi connectivity index (χ4n) is 7.41. The van der Waals surface area contributed by atoms with Crippen LogP contribution in [-0.4, -0.2) is 39.9 Å². The minimum atomic E-state index is 0.755. The second kappa shape index (κ2) is 16.6. The number of aryl methyl sites for hydroxylation is 4. The van der Waals surface area contributed by atoms with Crippen LogP contribution in [0.3, 0.4) is 0 Å². The summed E-state index contributed by atoms with van der Waals surface area (Å²) in [6, 6.07) is 16.3. The van der Waals surface area contributed by atoms with Crippen LogP contribution >= 0.6 is 127 Å². The van der Waals surface area contributed by atoms with Crippen LogP contribution in [0.1, 0.15) is 67.8 Å². The number of halogens is 8. The van der Waals surface area contributed by atoms with Crippen LogP contribution in [0.4, 0.5) is 0 Å². The van der Waals surface area contributed by atoms with Crippen LogP contribution in [0.2, 0.25) is 0 Å². The average Bonchev–Trinajstić information content (AvgIpc) is 3.87. The molecule has 8 aromatic rings. The Labute approximate surface area is 411 Å². The Kier molecular flexibility index (Phi) is 11.7. The molecule has 0 saturated carbocycles. The fourth-order valence-corrected chi connectivity index (χ4v) is 11.4. The van der Waals surface area contributed by atoms with Crippen LogP contribution in [0.25, 0.3) is 22.3 Å². The SMILES string of the molecule is Cc1ccnc(C2=c3[nH]c(c(Br)c3Br)=C(c3cc(C)ccn3)c3[nH]c(c(Br)c3Br)C(c3cc(C)ccn3)=c3[nH]c(c(Br)c3Br)=C(c3cc(C)ccn3)c3[nH]c2c(Br)c3Br)c1. The molecule has 0 aromatic carbocycles. The molecule has 9 heterocycles. The zero-order valence-corrected chi connectivity index (χ0v) is 44.4. The topological polar surface area (TPSA) is 115 Å². The highest BCUT2D eigenvalue weighted by Gasteiger charge is 2.30. The smallest absolute Gasteiger partial charge is 0.0747 e. The molecule has 9 rings (SSSR count).